The van der Waals surface area contributed by atoms with Gasteiger partial charge in [0.2, 0.25) is 0 Å². The Balaban J connectivity index is 2.20. The summed E-state index contributed by atoms with van der Waals surface area (Å²) in [6, 6.07) is 10.4. The molecule has 3 nitrogen and oxygen atoms in total. The monoisotopic (exact) mass is 291 g/mol. The molecule has 0 unspecified atom stereocenters. The van der Waals surface area contributed by atoms with Gasteiger partial charge in [-0.1, -0.05) is 24.2 Å². The highest BCUT2D eigenvalue weighted by atomic mass is 19.1. The lowest BCUT2D eigenvalue weighted by molar-refractivity contribution is 0.297. The van der Waals surface area contributed by atoms with E-state index in [4.69, 9.17) is 9.94 Å². The lowest BCUT2D eigenvalue weighted by Gasteiger charge is -2.12. The molecule has 2 aromatic rings. The van der Waals surface area contributed by atoms with E-state index >= 15 is 0 Å². The Kier molecular flexibility index (Phi) is 4.87. The van der Waals surface area contributed by atoms with Crippen molar-refractivity contribution >= 4 is 5.71 Å². The van der Waals surface area contributed by atoms with Gasteiger partial charge in [-0.15, -0.1) is 0 Å². The van der Waals surface area contributed by atoms with Gasteiger partial charge in [0, 0.05) is 17.2 Å². The van der Waals surface area contributed by atoms with Gasteiger partial charge in [0.05, 0.1) is 5.71 Å². The van der Waals surface area contributed by atoms with Crippen LogP contribution in [0.25, 0.3) is 0 Å². The molecule has 1 N–H and O–H groups in total. The van der Waals surface area contributed by atoms with Crippen LogP contribution in [0.1, 0.15) is 24.5 Å². The maximum atomic E-state index is 13.6. The summed E-state index contributed by atoms with van der Waals surface area (Å²) in [5.74, 6) is -0.799. The first kappa shape index (κ1) is 15.0. The van der Waals surface area contributed by atoms with Crippen LogP contribution in [0.3, 0.4) is 0 Å². The molecule has 2 rings (SSSR count). The molecule has 0 aliphatic heterocycles. The normalized spacial score (nSPS) is 11.5. The summed E-state index contributed by atoms with van der Waals surface area (Å²) < 4.78 is 32.0. The molecule has 21 heavy (non-hydrogen) atoms. The lowest BCUT2D eigenvalue weighted by atomic mass is 10.1. The second kappa shape index (κ2) is 6.83. The van der Waals surface area contributed by atoms with Crippen molar-refractivity contribution in [3.8, 4) is 5.75 Å². The van der Waals surface area contributed by atoms with Crippen molar-refractivity contribution in [2.75, 3.05) is 0 Å². The highest BCUT2D eigenvalue weighted by molar-refractivity contribution is 6.02. The van der Waals surface area contributed by atoms with E-state index in [1.165, 1.54) is 12.1 Å². The van der Waals surface area contributed by atoms with Gasteiger partial charge in [0.15, 0.2) is 0 Å². The molecule has 0 heterocycles. The van der Waals surface area contributed by atoms with Gasteiger partial charge in [-0.3, -0.25) is 0 Å². The number of benzene rings is 2. The summed E-state index contributed by atoms with van der Waals surface area (Å²) in [5.41, 5.74) is 1.38. The molecule has 0 aliphatic rings. The van der Waals surface area contributed by atoms with Crippen LogP contribution < -0.4 is 4.74 Å². The molecular formula is C16H15F2NO2. The van der Waals surface area contributed by atoms with Crippen LogP contribution in [-0.4, -0.2) is 10.9 Å². The number of halogens is 2. The second-order valence-corrected chi connectivity index (χ2v) is 4.42. The van der Waals surface area contributed by atoms with Gasteiger partial charge in [0.1, 0.15) is 24.0 Å². The first-order valence-electron chi connectivity index (χ1n) is 6.52. The Morgan fingerprint density at radius 1 is 1.19 bits per heavy atom. The van der Waals surface area contributed by atoms with E-state index in [0.29, 0.717) is 23.4 Å². The SMILES string of the molecule is CCC(=NO)c1ccccc1OCc1ccc(F)cc1F. The van der Waals surface area contributed by atoms with Crippen LogP contribution in [0, 0.1) is 11.6 Å². The zero-order valence-corrected chi connectivity index (χ0v) is 11.5. The van der Waals surface area contributed by atoms with E-state index in [-0.39, 0.29) is 12.2 Å². The van der Waals surface area contributed by atoms with Crippen molar-refractivity contribution in [3.05, 3.63) is 65.2 Å². The molecule has 0 saturated carbocycles. The topological polar surface area (TPSA) is 41.8 Å². The number of ether oxygens (including phenoxy) is 1. The second-order valence-electron chi connectivity index (χ2n) is 4.42. The molecule has 2 aromatic carbocycles. The summed E-state index contributed by atoms with van der Waals surface area (Å²) in [7, 11) is 0. The number of rotatable bonds is 5. The summed E-state index contributed by atoms with van der Waals surface area (Å²) in [5, 5.41) is 12.2. The minimum absolute atomic E-state index is 0.0362. The molecule has 0 atom stereocenters. The molecule has 5 heteroatoms. The van der Waals surface area contributed by atoms with Crippen molar-refractivity contribution in [2.45, 2.75) is 20.0 Å². The Labute approximate surface area is 121 Å². The average molecular weight is 291 g/mol. The fourth-order valence-corrected chi connectivity index (χ4v) is 1.94. The van der Waals surface area contributed by atoms with E-state index in [0.717, 1.165) is 6.07 Å². The summed E-state index contributed by atoms with van der Waals surface area (Å²) >= 11 is 0. The lowest BCUT2D eigenvalue weighted by Crippen LogP contribution is -2.05. The summed E-state index contributed by atoms with van der Waals surface area (Å²) in [6.45, 7) is 1.82. The first-order chi connectivity index (χ1) is 10.2. The fraction of sp³-hybridized carbons (Fsp3) is 0.188. The number of hydrogen-bond donors (Lipinski definition) is 1. The molecule has 0 bridgehead atoms. The first-order valence-corrected chi connectivity index (χ1v) is 6.52. The van der Waals surface area contributed by atoms with Crippen molar-refractivity contribution < 1.29 is 18.7 Å². The minimum Gasteiger partial charge on any atom is -0.488 e. The number of oxime groups is 1. The molecule has 0 aromatic heterocycles. The maximum absolute atomic E-state index is 13.6. The minimum atomic E-state index is -0.654. The van der Waals surface area contributed by atoms with Gasteiger partial charge in [-0.25, -0.2) is 8.78 Å². The van der Waals surface area contributed by atoms with Crippen molar-refractivity contribution in [2.24, 2.45) is 5.16 Å². The summed E-state index contributed by atoms with van der Waals surface area (Å²) in [6.07, 6.45) is 0.530. The van der Waals surface area contributed by atoms with E-state index in [1.54, 1.807) is 24.3 Å². The number of hydrogen-bond acceptors (Lipinski definition) is 3. The third kappa shape index (κ3) is 3.56. The van der Waals surface area contributed by atoms with Crippen molar-refractivity contribution in [1.82, 2.24) is 0 Å². The van der Waals surface area contributed by atoms with Crippen molar-refractivity contribution in [3.63, 3.8) is 0 Å². The molecule has 0 saturated heterocycles. The third-order valence-corrected chi connectivity index (χ3v) is 3.05. The van der Waals surface area contributed by atoms with Crippen LogP contribution >= 0.6 is 0 Å². The number of nitrogens with zero attached hydrogens (tertiary/aromatic N) is 1. The molecule has 0 radical (unpaired) electrons. The smallest absolute Gasteiger partial charge is 0.132 e. The average Bonchev–Trinajstić information content (AvgIpc) is 2.49. The zero-order valence-electron chi connectivity index (χ0n) is 11.5. The standard InChI is InChI=1S/C16H15F2NO2/c1-2-15(19-20)13-5-3-4-6-16(13)21-10-11-7-8-12(17)9-14(11)18/h3-9,20H,2,10H2,1H3. The van der Waals surface area contributed by atoms with Gasteiger partial charge in [-0.2, -0.15) is 0 Å². The van der Waals surface area contributed by atoms with Crippen LogP contribution in [0.2, 0.25) is 0 Å². The van der Waals surface area contributed by atoms with Crippen LogP contribution in [0.4, 0.5) is 8.78 Å². The zero-order chi connectivity index (χ0) is 15.2. The third-order valence-electron chi connectivity index (χ3n) is 3.05. The molecule has 110 valence electrons. The Morgan fingerprint density at radius 2 is 1.95 bits per heavy atom. The van der Waals surface area contributed by atoms with E-state index in [1.807, 2.05) is 6.92 Å². The fourth-order valence-electron chi connectivity index (χ4n) is 1.94. The van der Waals surface area contributed by atoms with Gasteiger partial charge >= 0.3 is 0 Å². The molecular weight excluding hydrogens is 276 g/mol. The van der Waals surface area contributed by atoms with E-state index in [9.17, 15) is 8.78 Å². The largest absolute Gasteiger partial charge is 0.488 e. The number of para-hydroxylation sites is 1. The molecule has 0 fully saturated rings. The Morgan fingerprint density at radius 3 is 2.62 bits per heavy atom. The summed E-state index contributed by atoms with van der Waals surface area (Å²) in [4.78, 5) is 0. The maximum Gasteiger partial charge on any atom is 0.132 e. The molecule has 0 aliphatic carbocycles. The van der Waals surface area contributed by atoms with E-state index < -0.39 is 11.6 Å². The van der Waals surface area contributed by atoms with Crippen LogP contribution in [0.5, 0.6) is 5.75 Å². The highest BCUT2D eigenvalue weighted by Crippen LogP contribution is 2.22. The van der Waals surface area contributed by atoms with Gasteiger partial charge in [-0.05, 0) is 30.7 Å². The van der Waals surface area contributed by atoms with E-state index in [2.05, 4.69) is 5.16 Å². The highest BCUT2D eigenvalue weighted by Gasteiger charge is 2.10. The predicted molar refractivity (Wildman–Crippen MR) is 75.7 cm³/mol. The predicted octanol–water partition coefficient (Wildman–Crippen LogP) is 4.13. The van der Waals surface area contributed by atoms with Gasteiger partial charge < -0.3 is 9.94 Å². The van der Waals surface area contributed by atoms with Crippen molar-refractivity contribution in [1.29, 1.82) is 0 Å². The quantitative estimate of drug-likeness (QED) is 0.511. The van der Waals surface area contributed by atoms with Crippen LogP contribution in [0.15, 0.2) is 47.6 Å². The van der Waals surface area contributed by atoms with Crippen LogP contribution in [-0.2, 0) is 6.61 Å². The Bertz CT molecular complexity index is 656. The Hall–Kier alpha value is -2.43. The molecule has 0 amide bonds. The molecule has 0 spiro atoms. The van der Waals surface area contributed by atoms with Gasteiger partial charge in [0.25, 0.3) is 0 Å².